The molecule has 2 fully saturated rings. The third-order valence-corrected chi connectivity index (χ3v) is 4.81. The molecular formula is C17H23F3N4O2. The Kier molecular flexibility index (Phi) is 5.95. The first-order valence-electron chi connectivity index (χ1n) is 8.92. The first kappa shape index (κ1) is 18.9. The van der Waals surface area contributed by atoms with Crippen molar-refractivity contribution in [1.29, 1.82) is 0 Å². The van der Waals surface area contributed by atoms with E-state index in [0.717, 1.165) is 0 Å². The monoisotopic (exact) mass is 372 g/mol. The van der Waals surface area contributed by atoms with E-state index in [1.54, 1.807) is 0 Å². The van der Waals surface area contributed by atoms with E-state index in [9.17, 15) is 18.0 Å². The second-order valence-electron chi connectivity index (χ2n) is 6.66. The molecule has 2 aliphatic rings. The molecule has 0 bridgehead atoms. The molecule has 0 atom stereocenters. The molecule has 0 N–H and O–H groups in total. The minimum atomic E-state index is -4.19. The zero-order chi connectivity index (χ0) is 18.6. The van der Waals surface area contributed by atoms with Gasteiger partial charge in [0, 0.05) is 50.4 Å². The average Bonchev–Trinajstić information content (AvgIpc) is 2.66. The normalized spacial score (nSPS) is 19.7. The second kappa shape index (κ2) is 8.20. The van der Waals surface area contributed by atoms with E-state index in [2.05, 4.69) is 9.97 Å². The number of aryl methyl sites for hydroxylation is 1. The summed E-state index contributed by atoms with van der Waals surface area (Å²) in [4.78, 5) is 24.8. The van der Waals surface area contributed by atoms with Crippen LogP contribution in [0.25, 0.3) is 0 Å². The highest BCUT2D eigenvalue weighted by atomic mass is 19.4. The summed E-state index contributed by atoms with van der Waals surface area (Å²) in [6, 6.07) is 1.52. The van der Waals surface area contributed by atoms with E-state index in [1.807, 2.05) is 9.80 Å². The zero-order valence-corrected chi connectivity index (χ0v) is 14.5. The maximum Gasteiger partial charge on any atom is 0.389 e. The van der Waals surface area contributed by atoms with Gasteiger partial charge in [0.2, 0.25) is 11.9 Å². The number of carbonyl (C=O) groups excluding carboxylic acids is 1. The van der Waals surface area contributed by atoms with Crippen molar-refractivity contribution in [2.75, 3.05) is 44.3 Å². The minimum absolute atomic E-state index is 0.0160. The Hall–Kier alpha value is -1.90. The lowest BCUT2D eigenvalue weighted by Crippen LogP contribution is -2.47. The number of carbonyl (C=O) groups is 1. The van der Waals surface area contributed by atoms with Crippen LogP contribution in [-0.2, 0) is 16.0 Å². The van der Waals surface area contributed by atoms with Crippen molar-refractivity contribution in [2.24, 2.45) is 5.92 Å². The Morgan fingerprint density at radius 2 is 1.88 bits per heavy atom. The molecule has 0 aliphatic carbocycles. The third kappa shape index (κ3) is 5.06. The number of piperidine rings is 1. The van der Waals surface area contributed by atoms with Crippen LogP contribution in [-0.4, -0.2) is 66.3 Å². The van der Waals surface area contributed by atoms with Crippen LogP contribution in [0.15, 0.2) is 12.3 Å². The van der Waals surface area contributed by atoms with Gasteiger partial charge in [-0.1, -0.05) is 0 Å². The van der Waals surface area contributed by atoms with Gasteiger partial charge in [-0.2, -0.15) is 13.2 Å². The van der Waals surface area contributed by atoms with E-state index in [4.69, 9.17) is 4.74 Å². The fourth-order valence-corrected chi connectivity index (χ4v) is 3.31. The molecule has 2 aliphatic heterocycles. The van der Waals surface area contributed by atoms with Gasteiger partial charge in [0.1, 0.15) is 0 Å². The molecule has 144 valence electrons. The number of halogens is 3. The Morgan fingerprint density at radius 3 is 2.54 bits per heavy atom. The van der Waals surface area contributed by atoms with Crippen LogP contribution in [0.5, 0.6) is 0 Å². The van der Waals surface area contributed by atoms with E-state index >= 15 is 0 Å². The summed E-state index contributed by atoms with van der Waals surface area (Å²) >= 11 is 0. The molecule has 26 heavy (non-hydrogen) atoms. The molecule has 0 spiro atoms. The highest BCUT2D eigenvalue weighted by Crippen LogP contribution is 2.24. The molecule has 0 saturated carbocycles. The quantitative estimate of drug-likeness (QED) is 0.810. The molecule has 1 amide bonds. The molecule has 0 unspecified atom stereocenters. The predicted molar refractivity (Wildman–Crippen MR) is 88.7 cm³/mol. The predicted octanol–water partition coefficient (Wildman–Crippen LogP) is 2.05. The SMILES string of the molecule is O=C(C1CCN(c2nccc(CCC(F)(F)F)n2)CC1)N1CCOCC1. The van der Waals surface area contributed by atoms with E-state index in [-0.39, 0.29) is 18.2 Å². The van der Waals surface area contributed by atoms with Gasteiger partial charge in [-0.3, -0.25) is 4.79 Å². The van der Waals surface area contributed by atoms with Crippen molar-refractivity contribution in [1.82, 2.24) is 14.9 Å². The summed E-state index contributed by atoms with van der Waals surface area (Å²) in [7, 11) is 0. The van der Waals surface area contributed by atoms with Gasteiger partial charge in [-0.15, -0.1) is 0 Å². The highest BCUT2D eigenvalue weighted by Gasteiger charge is 2.30. The molecule has 6 nitrogen and oxygen atoms in total. The van der Waals surface area contributed by atoms with Crippen LogP contribution < -0.4 is 4.90 Å². The van der Waals surface area contributed by atoms with Crippen molar-refractivity contribution >= 4 is 11.9 Å². The van der Waals surface area contributed by atoms with E-state index < -0.39 is 12.6 Å². The lowest BCUT2D eigenvalue weighted by molar-refractivity contribution is -0.140. The Morgan fingerprint density at radius 1 is 1.19 bits per heavy atom. The number of anilines is 1. The molecule has 1 aromatic heterocycles. The van der Waals surface area contributed by atoms with Crippen molar-refractivity contribution in [2.45, 2.75) is 31.9 Å². The third-order valence-electron chi connectivity index (χ3n) is 4.81. The average molecular weight is 372 g/mol. The molecular weight excluding hydrogens is 349 g/mol. The number of rotatable bonds is 4. The first-order chi connectivity index (χ1) is 12.4. The van der Waals surface area contributed by atoms with Gasteiger partial charge in [-0.05, 0) is 25.3 Å². The van der Waals surface area contributed by atoms with E-state index in [0.29, 0.717) is 63.9 Å². The zero-order valence-electron chi connectivity index (χ0n) is 14.5. The standard InChI is InChI=1S/C17H23F3N4O2/c18-17(19,20)5-1-14-2-6-21-16(22-14)24-7-3-13(4-8-24)15(25)23-9-11-26-12-10-23/h2,6,13H,1,3-5,7-12H2. The maximum absolute atomic E-state index is 12.5. The summed E-state index contributed by atoms with van der Waals surface area (Å²) in [5, 5.41) is 0. The fraction of sp³-hybridized carbons (Fsp3) is 0.706. The van der Waals surface area contributed by atoms with Gasteiger partial charge in [0.15, 0.2) is 0 Å². The smallest absolute Gasteiger partial charge is 0.378 e. The lowest BCUT2D eigenvalue weighted by atomic mass is 9.95. The summed E-state index contributed by atoms with van der Waals surface area (Å²) in [6.45, 7) is 3.71. The van der Waals surface area contributed by atoms with Crippen molar-refractivity contribution < 1.29 is 22.7 Å². The largest absolute Gasteiger partial charge is 0.389 e. The van der Waals surface area contributed by atoms with Crippen LogP contribution >= 0.6 is 0 Å². The number of aromatic nitrogens is 2. The van der Waals surface area contributed by atoms with Crippen molar-refractivity contribution in [3.05, 3.63) is 18.0 Å². The number of morpholine rings is 1. The van der Waals surface area contributed by atoms with Crippen molar-refractivity contribution in [3.8, 4) is 0 Å². The van der Waals surface area contributed by atoms with Crippen LogP contribution in [0.3, 0.4) is 0 Å². The second-order valence-corrected chi connectivity index (χ2v) is 6.66. The van der Waals surface area contributed by atoms with Crippen molar-refractivity contribution in [3.63, 3.8) is 0 Å². The van der Waals surface area contributed by atoms with Gasteiger partial charge >= 0.3 is 6.18 Å². The molecule has 9 heteroatoms. The molecule has 3 rings (SSSR count). The fourth-order valence-electron chi connectivity index (χ4n) is 3.31. The van der Waals surface area contributed by atoms with Gasteiger partial charge < -0.3 is 14.5 Å². The van der Waals surface area contributed by atoms with E-state index in [1.165, 1.54) is 12.3 Å². The summed E-state index contributed by atoms with van der Waals surface area (Å²) in [5.74, 6) is 0.604. The number of amides is 1. The number of ether oxygens (including phenoxy) is 1. The summed E-state index contributed by atoms with van der Waals surface area (Å²) < 4.78 is 42.4. The highest BCUT2D eigenvalue weighted by molar-refractivity contribution is 5.79. The van der Waals surface area contributed by atoms with Gasteiger partial charge in [0.25, 0.3) is 0 Å². The van der Waals surface area contributed by atoms with Crippen LogP contribution in [0.2, 0.25) is 0 Å². The number of nitrogens with zero attached hydrogens (tertiary/aromatic N) is 4. The maximum atomic E-state index is 12.5. The molecule has 1 aromatic rings. The summed E-state index contributed by atoms with van der Waals surface area (Å²) in [6.07, 6.45) is -2.33. The minimum Gasteiger partial charge on any atom is -0.378 e. The van der Waals surface area contributed by atoms with Gasteiger partial charge in [0.05, 0.1) is 13.2 Å². The van der Waals surface area contributed by atoms with Gasteiger partial charge in [-0.25, -0.2) is 9.97 Å². The van der Waals surface area contributed by atoms with Crippen LogP contribution in [0, 0.1) is 5.92 Å². The number of hydrogen-bond donors (Lipinski definition) is 0. The Balaban J connectivity index is 1.53. The topological polar surface area (TPSA) is 58.6 Å². The lowest BCUT2D eigenvalue weighted by Gasteiger charge is -2.35. The molecule has 3 heterocycles. The van der Waals surface area contributed by atoms with Crippen LogP contribution in [0.1, 0.15) is 25.0 Å². The van der Waals surface area contributed by atoms with Crippen LogP contribution in [0.4, 0.5) is 19.1 Å². The molecule has 0 radical (unpaired) electrons. The number of alkyl halides is 3. The first-order valence-corrected chi connectivity index (χ1v) is 8.92. The Labute approximate surface area is 150 Å². The molecule has 0 aromatic carbocycles. The molecule has 2 saturated heterocycles. The summed E-state index contributed by atoms with van der Waals surface area (Å²) in [5.41, 5.74) is 0.388. The number of hydrogen-bond acceptors (Lipinski definition) is 5. The Bertz CT molecular complexity index is 612.